The number of rotatable bonds is 6. The minimum atomic E-state index is -0.311. The monoisotopic (exact) mass is 268 g/mol. The highest BCUT2D eigenvalue weighted by molar-refractivity contribution is 8.00. The number of carbonyl (C=O) groups excluding carboxylic acids is 2. The molecule has 3 N–H and O–H groups in total. The van der Waals surface area contributed by atoms with Gasteiger partial charge in [-0.05, 0) is 19.1 Å². The second-order valence-corrected chi connectivity index (χ2v) is 4.42. The molecule has 98 valence electrons. The third kappa shape index (κ3) is 5.09. The highest BCUT2D eigenvalue weighted by Crippen LogP contribution is 2.16. The first-order valence-corrected chi connectivity index (χ1v) is 6.66. The third-order valence-electron chi connectivity index (χ3n) is 1.99. The molecule has 0 aromatic heterocycles. The molecule has 0 unspecified atom stereocenters. The maximum atomic E-state index is 11.6. The summed E-state index contributed by atoms with van der Waals surface area (Å²) in [4.78, 5) is 22.6. The number of carbonyl (C=O) groups is 2. The highest BCUT2D eigenvalue weighted by atomic mass is 32.2. The third-order valence-corrected chi connectivity index (χ3v) is 2.90. The molecule has 1 aromatic carbocycles. The molecule has 0 heterocycles. The van der Waals surface area contributed by atoms with Crippen molar-refractivity contribution in [3.8, 4) is 0 Å². The summed E-state index contributed by atoms with van der Waals surface area (Å²) in [6, 6.07) is 7.02. The summed E-state index contributed by atoms with van der Waals surface area (Å²) in [7, 11) is 0. The Balaban J connectivity index is 2.30. The van der Waals surface area contributed by atoms with Gasteiger partial charge in [-0.3, -0.25) is 9.59 Å². The maximum absolute atomic E-state index is 11.6. The minimum absolute atomic E-state index is 0.172. The summed E-state index contributed by atoms with van der Waals surface area (Å²) in [5, 5.41) is 2.68. The average Bonchev–Trinajstić information content (AvgIpc) is 2.32. The first-order chi connectivity index (χ1) is 8.63. The van der Waals surface area contributed by atoms with Gasteiger partial charge in [-0.2, -0.15) is 0 Å². The molecule has 0 aliphatic carbocycles. The van der Waals surface area contributed by atoms with Gasteiger partial charge in [0, 0.05) is 0 Å². The number of amides is 1. The summed E-state index contributed by atoms with van der Waals surface area (Å²) in [6.45, 7) is 2.10. The fourth-order valence-electron chi connectivity index (χ4n) is 1.23. The van der Waals surface area contributed by atoms with Crippen LogP contribution in [0.15, 0.2) is 24.3 Å². The Morgan fingerprint density at radius 2 is 2.06 bits per heavy atom. The van der Waals surface area contributed by atoms with E-state index in [9.17, 15) is 9.59 Å². The highest BCUT2D eigenvalue weighted by Gasteiger charge is 2.07. The number of nitrogens with two attached hydrogens (primary N) is 1. The average molecular weight is 268 g/mol. The Hall–Kier alpha value is -1.69. The van der Waals surface area contributed by atoms with E-state index in [1.54, 1.807) is 31.2 Å². The molecule has 1 aromatic rings. The molecule has 5 nitrogen and oxygen atoms in total. The molecule has 0 aliphatic heterocycles. The predicted molar refractivity (Wildman–Crippen MR) is 73.4 cm³/mol. The van der Waals surface area contributed by atoms with Crippen LogP contribution in [0.1, 0.15) is 6.92 Å². The molecule has 1 amide bonds. The molecule has 0 atom stereocenters. The number of hydrogen-bond donors (Lipinski definition) is 2. The van der Waals surface area contributed by atoms with Crippen LogP contribution in [-0.4, -0.2) is 30.0 Å². The van der Waals surface area contributed by atoms with E-state index in [0.717, 1.165) is 0 Å². The Labute approximate surface area is 110 Å². The molecule has 0 fully saturated rings. The van der Waals surface area contributed by atoms with E-state index < -0.39 is 0 Å². The van der Waals surface area contributed by atoms with Crippen LogP contribution in [0, 0.1) is 0 Å². The number of para-hydroxylation sites is 2. The quantitative estimate of drug-likeness (QED) is 0.603. The number of nitrogens with one attached hydrogen (secondary N) is 1. The predicted octanol–water partition coefficient (Wildman–Crippen LogP) is 1.50. The maximum Gasteiger partial charge on any atom is 0.315 e. The van der Waals surface area contributed by atoms with Crippen LogP contribution in [0.3, 0.4) is 0 Å². The van der Waals surface area contributed by atoms with E-state index >= 15 is 0 Å². The van der Waals surface area contributed by atoms with Crippen LogP contribution in [0.2, 0.25) is 0 Å². The lowest BCUT2D eigenvalue weighted by Crippen LogP contribution is -2.17. The van der Waals surface area contributed by atoms with E-state index in [2.05, 4.69) is 5.32 Å². The van der Waals surface area contributed by atoms with Crippen molar-refractivity contribution in [2.45, 2.75) is 6.92 Å². The smallest absolute Gasteiger partial charge is 0.315 e. The van der Waals surface area contributed by atoms with E-state index in [0.29, 0.717) is 18.0 Å². The zero-order valence-electron chi connectivity index (χ0n) is 10.1. The number of thioether (sulfide) groups is 1. The molecular formula is C12H16N2O3S. The number of benzene rings is 1. The fraction of sp³-hybridized carbons (Fsp3) is 0.333. The van der Waals surface area contributed by atoms with Crippen LogP contribution in [0.4, 0.5) is 11.4 Å². The number of nitrogen functional groups attached to an aromatic ring is 1. The van der Waals surface area contributed by atoms with Gasteiger partial charge >= 0.3 is 5.97 Å². The van der Waals surface area contributed by atoms with Gasteiger partial charge in [-0.1, -0.05) is 12.1 Å². The van der Waals surface area contributed by atoms with Crippen molar-refractivity contribution < 1.29 is 14.3 Å². The molecular weight excluding hydrogens is 252 g/mol. The Kier molecular flexibility index (Phi) is 6.07. The molecule has 0 spiro atoms. The van der Waals surface area contributed by atoms with E-state index in [-0.39, 0.29) is 23.4 Å². The lowest BCUT2D eigenvalue weighted by atomic mass is 10.3. The van der Waals surface area contributed by atoms with Crippen molar-refractivity contribution in [2.75, 3.05) is 29.2 Å². The molecule has 0 bridgehead atoms. The van der Waals surface area contributed by atoms with Crippen LogP contribution in [-0.2, 0) is 14.3 Å². The summed E-state index contributed by atoms with van der Waals surface area (Å²) >= 11 is 1.21. The number of anilines is 2. The van der Waals surface area contributed by atoms with Crippen molar-refractivity contribution in [1.82, 2.24) is 0 Å². The van der Waals surface area contributed by atoms with E-state index in [1.807, 2.05) is 0 Å². The Morgan fingerprint density at radius 1 is 1.33 bits per heavy atom. The SMILES string of the molecule is CCOC(=O)CSCC(=O)Nc1ccccc1N. The Bertz CT molecular complexity index is 424. The van der Waals surface area contributed by atoms with Gasteiger partial charge in [0.05, 0.1) is 29.5 Å². The number of ether oxygens (including phenoxy) is 1. The van der Waals surface area contributed by atoms with Crippen molar-refractivity contribution in [3.05, 3.63) is 24.3 Å². The second-order valence-electron chi connectivity index (χ2n) is 3.43. The van der Waals surface area contributed by atoms with Gasteiger partial charge in [0.2, 0.25) is 5.91 Å². The first kappa shape index (κ1) is 14.4. The molecule has 0 radical (unpaired) electrons. The minimum Gasteiger partial charge on any atom is -0.465 e. The molecule has 18 heavy (non-hydrogen) atoms. The van der Waals surface area contributed by atoms with Gasteiger partial charge in [0.15, 0.2) is 0 Å². The van der Waals surface area contributed by atoms with Gasteiger partial charge in [0.1, 0.15) is 0 Å². The zero-order valence-corrected chi connectivity index (χ0v) is 11.0. The molecule has 6 heteroatoms. The first-order valence-electron chi connectivity index (χ1n) is 5.51. The topological polar surface area (TPSA) is 81.4 Å². The van der Waals surface area contributed by atoms with Crippen molar-refractivity contribution in [1.29, 1.82) is 0 Å². The molecule has 0 aliphatic rings. The largest absolute Gasteiger partial charge is 0.465 e. The normalized spacial score (nSPS) is 9.83. The van der Waals surface area contributed by atoms with Gasteiger partial charge < -0.3 is 15.8 Å². The standard InChI is InChI=1S/C12H16N2O3S/c1-2-17-12(16)8-18-7-11(15)14-10-6-4-3-5-9(10)13/h3-6H,2,7-8,13H2,1H3,(H,14,15). The fourth-order valence-corrected chi connectivity index (χ4v) is 1.84. The summed E-state index contributed by atoms with van der Waals surface area (Å²) in [5.41, 5.74) is 6.79. The zero-order chi connectivity index (χ0) is 13.4. The van der Waals surface area contributed by atoms with Crippen LogP contribution < -0.4 is 11.1 Å². The molecule has 0 saturated carbocycles. The molecule has 1 rings (SSSR count). The number of esters is 1. The van der Waals surface area contributed by atoms with Crippen LogP contribution in [0.25, 0.3) is 0 Å². The summed E-state index contributed by atoms with van der Waals surface area (Å²) < 4.78 is 4.75. The lowest BCUT2D eigenvalue weighted by Gasteiger charge is -2.07. The van der Waals surface area contributed by atoms with Gasteiger partial charge in [-0.25, -0.2) is 0 Å². The summed E-state index contributed by atoms with van der Waals surface area (Å²) in [6.07, 6.45) is 0. The lowest BCUT2D eigenvalue weighted by molar-refractivity contribution is -0.139. The summed E-state index contributed by atoms with van der Waals surface area (Å²) in [5.74, 6) is -0.143. The van der Waals surface area contributed by atoms with Crippen molar-refractivity contribution >= 4 is 35.0 Å². The van der Waals surface area contributed by atoms with Gasteiger partial charge in [-0.15, -0.1) is 11.8 Å². The van der Waals surface area contributed by atoms with Gasteiger partial charge in [0.25, 0.3) is 0 Å². The Morgan fingerprint density at radius 3 is 2.72 bits per heavy atom. The number of hydrogen-bond acceptors (Lipinski definition) is 5. The van der Waals surface area contributed by atoms with E-state index in [4.69, 9.17) is 10.5 Å². The molecule has 0 saturated heterocycles. The van der Waals surface area contributed by atoms with Crippen molar-refractivity contribution in [3.63, 3.8) is 0 Å². The van der Waals surface area contributed by atoms with Crippen molar-refractivity contribution in [2.24, 2.45) is 0 Å². The van der Waals surface area contributed by atoms with Crippen LogP contribution in [0.5, 0.6) is 0 Å². The van der Waals surface area contributed by atoms with E-state index in [1.165, 1.54) is 11.8 Å². The second kappa shape index (κ2) is 7.60. The van der Waals surface area contributed by atoms with Crippen LogP contribution >= 0.6 is 11.8 Å².